The Kier molecular flexibility index (Phi) is 3.81. The van der Waals surface area contributed by atoms with Crippen molar-refractivity contribution in [1.29, 1.82) is 0 Å². The van der Waals surface area contributed by atoms with Gasteiger partial charge in [-0.15, -0.1) is 0 Å². The molecule has 6 heteroatoms. The van der Waals surface area contributed by atoms with Crippen LogP contribution in [0, 0.1) is 0 Å². The van der Waals surface area contributed by atoms with E-state index < -0.39 is 0 Å². The summed E-state index contributed by atoms with van der Waals surface area (Å²) < 4.78 is 5.21. The van der Waals surface area contributed by atoms with Crippen molar-refractivity contribution in [3.05, 3.63) is 42.1 Å². The van der Waals surface area contributed by atoms with E-state index >= 15 is 0 Å². The lowest BCUT2D eigenvalue weighted by molar-refractivity contribution is 0.415. The number of hydrogen-bond acceptors (Lipinski definition) is 5. The second-order valence-electron chi connectivity index (χ2n) is 4.75. The zero-order valence-electron chi connectivity index (χ0n) is 11.8. The Hall–Kier alpha value is -2.05. The average molecular weight is 300 g/mol. The van der Waals surface area contributed by atoms with Crippen LogP contribution in [-0.4, -0.2) is 22.1 Å². The Morgan fingerprint density at radius 1 is 1.29 bits per heavy atom. The largest absolute Gasteiger partial charge is 0.497 e. The van der Waals surface area contributed by atoms with E-state index in [0.717, 1.165) is 32.5 Å². The van der Waals surface area contributed by atoms with E-state index in [2.05, 4.69) is 15.0 Å². The lowest BCUT2D eigenvalue weighted by Crippen LogP contribution is -2.04. The van der Waals surface area contributed by atoms with Crippen LogP contribution in [0.2, 0.25) is 0 Å². The molecule has 0 fully saturated rings. The van der Waals surface area contributed by atoms with Gasteiger partial charge in [-0.25, -0.2) is 9.97 Å². The Balaban J connectivity index is 1.84. The smallest absolute Gasteiger partial charge is 0.172 e. The number of methoxy groups -OCH3 is 1. The summed E-state index contributed by atoms with van der Waals surface area (Å²) in [6.45, 7) is 1.94. The first-order chi connectivity index (χ1) is 10.2. The van der Waals surface area contributed by atoms with E-state index in [1.165, 1.54) is 11.8 Å². The van der Waals surface area contributed by atoms with Crippen LogP contribution in [0.4, 0.5) is 0 Å². The van der Waals surface area contributed by atoms with E-state index in [1.54, 1.807) is 13.3 Å². The number of fused-ring (bicyclic) bond motifs is 1. The van der Waals surface area contributed by atoms with Crippen molar-refractivity contribution in [2.75, 3.05) is 7.11 Å². The summed E-state index contributed by atoms with van der Waals surface area (Å²) >= 11 is 1.49. The van der Waals surface area contributed by atoms with Crippen LogP contribution in [0.15, 0.2) is 46.7 Å². The molecule has 0 spiro atoms. The fourth-order valence-corrected chi connectivity index (χ4v) is 2.71. The van der Waals surface area contributed by atoms with Crippen molar-refractivity contribution in [3.63, 3.8) is 0 Å². The van der Waals surface area contributed by atoms with Gasteiger partial charge in [0.15, 0.2) is 5.16 Å². The molecule has 3 N–H and O–H groups in total. The molecular formula is C15H16N4OS. The van der Waals surface area contributed by atoms with Gasteiger partial charge in [-0.05, 0) is 42.4 Å². The van der Waals surface area contributed by atoms with E-state index in [4.69, 9.17) is 10.5 Å². The van der Waals surface area contributed by atoms with Crippen molar-refractivity contribution >= 4 is 22.8 Å². The second-order valence-corrected chi connectivity index (χ2v) is 5.75. The maximum absolute atomic E-state index is 5.82. The summed E-state index contributed by atoms with van der Waals surface area (Å²) in [6, 6.07) is 9.70. The Morgan fingerprint density at radius 3 is 2.81 bits per heavy atom. The van der Waals surface area contributed by atoms with Crippen LogP contribution in [0.5, 0.6) is 5.75 Å². The maximum Gasteiger partial charge on any atom is 0.172 e. The van der Waals surface area contributed by atoms with Crippen molar-refractivity contribution in [1.82, 2.24) is 15.0 Å². The van der Waals surface area contributed by atoms with Gasteiger partial charge >= 0.3 is 0 Å². The van der Waals surface area contributed by atoms with Crippen molar-refractivity contribution in [2.24, 2.45) is 5.73 Å². The second kappa shape index (κ2) is 5.75. The predicted molar refractivity (Wildman–Crippen MR) is 83.6 cm³/mol. The number of hydrogen-bond donors (Lipinski definition) is 2. The first-order valence-corrected chi connectivity index (χ1v) is 7.40. The lowest BCUT2D eigenvalue weighted by Gasteiger charge is -2.04. The van der Waals surface area contributed by atoms with Gasteiger partial charge in [0.2, 0.25) is 0 Å². The van der Waals surface area contributed by atoms with Crippen LogP contribution >= 0.6 is 11.8 Å². The molecule has 0 bridgehead atoms. The average Bonchev–Trinajstić information content (AvgIpc) is 2.88. The Morgan fingerprint density at radius 2 is 2.14 bits per heavy atom. The third-order valence-electron chi connectivity index (χ3n) is 3.15. The minimum atomic E-state index is -0.00443. The van der Waals surface area contributed by atoms with Gasteiger partial charge in [0, 0.05) is 18.3 Å². The number of pyridine rings is 1. The number of aromatic nitrogens is 3. The zero-order chi connectivity index (χ0) is 14.8. The normalized spacial score (nSPS) is 12.5. The molecular weight excluding hydrogens is 284 g/mol. The molecule has 0 radical (unpaired) electrons. The molecule has 2 aromatic heterocycles. The number of imidazole rings is 1. The molecule has 0 saturated carbocycles. The third kappa shape index (κ3) is 3.01. The highest BCUT2D eigenvalue weighted by Gasteiger charge is 2.07. The number of benzene rings is 1. The number of ether oxygens (including phenoxy) is 1. The van der Waals surface area contributed by atoms with Crippen molar-refractivity contribution in [3.8, 4) is 5.75 Å². The molecule has 3 aromatic rings. The molecule has 5 nitrogen and oxygen atoms in total. The molecule has 1 aromatic carbocycles. The number of H-pyrrole nitrogens is 1. The summed E-state index contributed by atoms with van der Waals surface area (Å²) in [5.41, 5.74) is 8.70. The summed E-state index contributed by atoms with van der Waals surface area (Å²) in [5, 5.41) is 1.68. The van der Waals surface area contributed by atoms with Crippen molar-refractivity contribution < 1.29 is 4.74 Å². The highest BCUT2D eigenvalue weighted by Crippen LogP contribution is 2.27. The number of rotatable bonds is 4. The van der Waals surface area contributed by atoms with E-state index in [1.807, 2.05) is 37.3 Å². The molecule has 0 aliphatic carbocycles. The highest BCUT2D eigenvalue weighted by atomic mass is 32.2. The number of aromatic amines is 1. The van der Waals surface area contributed by atoms with E-state index in [-0.39, 0.29) is 6.04 Å². The minimum absolute atomic E-state index is 0.00443. The predicted octanol–water partition coefficient (Wildman–Crippen LogP) is 3.14. The molecule has 3 rings (SSSR count). The first kappa shape index (κ1) is 13.9. The summed E-state index contributed by atoms with van der Waals surface area (Å²) in [5.74, 6) is 0.808. The topological polar surface area (TPSA) is 76.8 Å². The lowest BCUT2D eigenvalue weighted by atomic mass is 10.2. The Bertz CT molecular complexity index is 752. The molecule has 0 aliphatic heterocycles. The van der Waals surface area contributed by atoms with Gasteiger partial charge in [-0.2, -0.15) is 0 Å². The summed E-state index contributed by atoms with van der Waals surface area (Å²) in [4.78, 5) is 12.2. The number of nitrogens with one attached hydrogen (secondary N) is 1. The molecule has 2 heterocycles. The van der Waals surface area contributed by atoms with Crippen LogP contribution in [-0.2, 0) is 0 Å². The van der Waals surface area contributed by atoms with Crippen LogP contribution < -0.4 is 10.5 Å². The number of nitrogens with zero attached hydrogens (tertiary/aromatic N) is 2. The molecule has 0 unspecified atom stereocenters. The zero-order valence-corrected chi connectivity index (χ0v) is 12.6. The van der Waals surface area contributed by atoms with Crippen LogP contribution in [0.1, 0.15) is 18.5 Å². The third-order valence-corrected chi connectivity index (χ3v) is 3.99. The molecule has 0 saturated heterocycles. The van der Waals surface area contributed by atoms with Gasteiger partial charge in [-0.3, -0.25) is 0 Å². The van der Waals surface area contributed by atoms with Crippen molar-refractivity contribution in [2.45, 2.75) is 23.1 Å². The number of nitrogens with two attached hydrogens (primary N) is 1. The quantitative estimate of drug-likeness (QED) is 0.774. The fourth-order valence-electron chi connectivity index (χ4n) is 1.96. The summed E-state index contributed by atoms with van der Waals surface area (Å²) in [7, 11) is 1.65. The van der Waals surface area contributed by atoms with Crippen LogP contribution in [0.25, 0.3) is 11.0 Å². The Labute approximate surface area is 126 Å². The van der Waals surface area contributed by atoms with Gasteiger partial charge in [0.05, 0.1) is 18.1 Å². The SMILES string of the molecule is COc1ccc2nc(Sc3ccc([C@H](C)N)cn3)[nH]c2c1. The minimum Gasteiger partial charge on any atom is -0.497 e. The first-order valence-electron chi connectivity index (χ1n) is 6.59. The molecule has 21 heavy (non-hydrogen) atoms. The van der Waals surface area contributed by atoms with Gasteiger partial charge < -0.3 is 15.5 Å². The van der Waals surface area contributed by atoms with Gasteiger partial charge in [0.1, 0.15) is 10.8 Å². The molecule has 1 atom stereocenters. The molecule has 0 aliphatic rings. The van der Waals surface area contributed by atoms with E-state index in [9.17, 15) is 0 Å². The molecule has 108 valence electrons. The van der Waals surface area contributed by atoms with Crippen LogP contribution in [0.3, 0.4) is 0 Å². The maximum atomic E-state index is 5.82. The molecule has 0 amide bonds. The monoisotopic (exact) mass is 300 g/mol. The summed E-state index contributed by atoms with van der Waals surface area (Å²) in [6.07, 6.45) is 1.80. The fraction of sp³-hybridized carbons (Fsp3) is 0.200. The van der Waals surface area contributed by atoms with E-state index in [0.29, 0.717) is 0 Å². The standard InChI is InChI=1S/C15H16N4OS/c1-9(16)10-3-6-14(17-8-10)21-15-18-12-5-4-11(20-2)7-13(12)19-15/h3-9H,16H2,1-2H3,(H,18,19)/t9-/m0/s1. The van der Waals surface area contributed by atoms with Gasteiger partial charge in [0.25, 0.3) is 0 Å². The highest BCUT2D eigenvalue weighted by molar-refractivity contribution is 7.99. The van der Waals surface area contributed by atoms with Gasteiger partial charge in [-0.1, -0.05) is 6.07 Å².